The molecule has 0 saturated heterocycles. The lowest BCUT2D eigenvalue weighted by atomic mass is 9.95. The van der Waals surface area contributed by atoms with Gasteiger partial charge in [0.05, 0.1) is 10.6 Å². The molecule has 1 fully saturated rings. The van der Waals surface area contributed by atoms with E-state index in [1.807, 2.05) is 13.8 Å². The third kappa shape index (κ3) is 8.53. The largest absolute Gasteiger partial charge is 0.352 e. The predicted octanol–water partition coefficient (Wildman–Crippen LogP) is 7.52. The standard InChI is InChI=1S/C32H36BrCl2N3O4S/c1-3-30(32(40)36-26-7-5-4-6-8-26)37(20-23-11-14-25(34)19-29(23)35)31(39)21-38(27-15-12-24(33)13-16-27)43(41,42)28-17-9-22(2)10-18-28/h9-19,26,30H,3-8,20-21H2,1-2H3,(H,36,40)/t30-/m0/s1. The van der Waals surface area contributed by atoms with Crippen molar-refractivity contribution in [1.82, 2.24) is 10.2 Å². The van der Waals surface area contributed by atoms with Crippen molar-refractivity contribution in [2.45, 2.75) is 75.9 Å². The van der Waals surface area contributed by atoms with Crippen molar-refractivity contribution in [3.05, 3.63) is 92.4 Å². The van der Waals surface area contributed by atoms with Gasteiger partial charge in [-0.3, -0.25) is 13.9 Å². The van der Waals surface area contributed by atoms with Crippen molar-refractivity contribution in [3.63, 3.8) is 0 Å². The molecule has 1 N–H and O–H groups in total. The van der Waals surface area contributed by atoms with Gasteiger partial charge in [0.25, 0.3) is 10.0 Å². The van der Waals surface area contributed by atoms with Crippen LogP contribution in [0.2, 0.25) is 10.0 Å². The molecule has 4 rings (SSSR count). The lowest BCUT2D eigenvalue weighted by molar-refractivity contribution is -0.140. The van der Waals surface area contributed by atoms with Crippen LogP contribution in [-0.2, 0) is 26.2 Å². The summed E-state index contributed by atoms with van der Waals surface area (Å²) in [4.78, 5) is 29.4. The smallest absolute Gasteiger partial charge is 0.264 e. The van der Waals surface area contributed by atoms with E-state index in [1.165, 1.54) is 17.0 Å². The molecule has 0 radical (unpaired) electrons. The SMILES string of the molecule is CC[C@@H](C(=O)NC1CCCCC1)N(Cc1ccc(Cl)cc1Cl)C(=O)CN(c1ccc(Br)cc1)S(=O)(=O)c1ccc(C)cc1. The van der Waals surface area contributed by atoms with Crippen LogP contribution in [0, 0.1) is 6.92 Å². The molecule has 1 aliphatic rings. The van der Waals surface area contributed by atoms with Crippen LogP contribution < -0.4 is 9.62 Å². The Balaban J connectivity index is 1.72. The van der Waals surface area contributed by atoms with Gasteiger partial charge < -0.3 is 10.2 Å². The van der Waals surface area contributed by atoms with Crippen molar-refractivity contribution in [2.24, 2.45) is 0 Å². The van der Waals surface area contributed by atoms with Gasteiger partial charge >= 0.3 is 0 Å². The highest BCUT2D eigenvalue weighted by Crippen LogP contribution is 2.28. The molecule has 2 amide bonds. The van der Waals surface area contributed by atoms with Crippen LogP contribution in [0.3, 0.4) is 0 Å². The summed E-state index contributed by atoms with van der Waals surface area (Å²) in [5.74, 6) is -0.792. The number of carbonyl (C=O) groups is 2. The Morgan fingerprint density at radius 1 is 0.977 bits per heavy atom. The Labute approximate surface area is 272 Å². The van der Waals surface area contributed by atoms with Gasteiger partial charge in [-0.1, -0.05) is 89.1 Å². The number of hydrogen-bond donors (Lipinski definition) is 1. The number of benzene rings is 3. The number of nitrogens with one attached hydrogen (secondary N) is 1. The second-order valence-corrected chi connectivity index (χ2v) is 14.4. The minimum Gasteiger partial charge on any atom is -0.352 e. The number of carbonyl (C=O) groups excluding carboxylic acids is 2. The summed E-state index contributed by atoms with van der Waals surface area (Å²) in [5.41, 5.74) is 1.83. The second kappa shape index (κ2) is 14.9. The minimum atomic E-state index is -4.15. The van der Waals surface area contributed by atoms with Crippen molar-refractivity contribution in [1.29, 1.82) is 0 Å². The summed E-state index contributed by atoms with van der Waals surface area (Å²) in [6, 6.07) is 17.4. The van der Waals surface area contributed by atoms with Gasteiger partial charge in [0, 0.05) is 27.1 Å². The molecule has 3 aromatic rings. The van der Waals surface area contributed by atoms with Crippen LogP contribution in [0.1, 0.15) is 56.6 Å². The Bertz CT molecular complexity index is 1530. The quantitative estimate of drug-likeness (QED) is 0.223. The Kier molecular flexibility index (Phi) is 11.6. The minimum absolute atomic E-state index is 0.00415. The molecule has 1 saturated carbocycles. The summed E-state index contributed by atoms with van der Waals surface area (Å²) in [6.07, 6.45) is 5.35. The summed E-state index contributed by atoms with van der Waals surface area (Å²) >= 11 is 16.0. The third-order valence-electron chi connectivity index (χ3n) is 7.70. The van der Waals surface area contributed by atoms with Crippen molar-refractivity contribution in [2.75, 3.05) is 10.8 Å². The summed E-state index contributed by atoms with van der Waals surface area (Å²) in [7, 11) is -4.15. The van der Waals surface area contributed by atoms with E-state index < -0.39 is 28.5 Å². The maximum atomic E-state index is 14.3. The summed E-state index contributed by atoms with van der Waals surface area (Å²) < 4.78 is 29.9. The van der Waals surface area contributed by atoms with Crippen molar-refractivity contribution in [3.8, 4) is 0 Å². The molecule has 11 heteroatoms. The molecule has 3 aromatic carbocycles. The number of rotatable bonds is 11. The van der Waals surface area contributed by atoms with Crippen LogP contribution >= 0.6 is 39.1 Å². The molecule has 1 atom stereocenters. The van der Waals surface area contributed by atoms with Crippen molar-refractivity contribution < 1.29 is 18.0 Å². The van der Waals surface area contributed by atoms with E-state index in [0.717, 1.165) is 46.4 Å². The molecule has 0 aromatic heterocycles. The number of nitrogens with zero attached hydrogens (tertiary/aromatic N) is 2. The van der Waals surface area contributed by atoms with Gasteiger partial charge in [0.2, 0.25) is 11.8 Å². The Morgan fingerprint density at radius 2 is 1.63 bits per heavy atom. The second-order valence-electron chi connectivity index (χ2n) is 10.8. The zero-order valence-electron chi connectivity index (χ0n) is 24.2. The van der Waals surface area contributed by atoms with Crippen LogP contribution in [0.4, 0.5) is 5.69 Å². The first-order chi connectivity index (χ1) is 20.5. The van der Waals surface area contributed by atoms with Crippen LogP contribution in [-0.4, -0.2) is 43.8 Å². The van der Waals surface area contributed by atoms with E-state index in [9.17, 15) is 18.0 Å². The van der Waals surface area contributed by atoms with Gasteiger partial charge in [-0.25, -0.2) is 8.42 Å². The van der Waals surface area contributed by atoms with E-state index in [-0.39, 0.29) is 23.4 Å². The van der Waals surface area contributed by atoms with Crippen molar-refractivity contribution >= 4 is 66.7 Å². The van der Waals surface area contributed by atoms with E-state index >= 15 is 0 Å². The zero-order valence-corrected chi connectivity index (χ0v) is 28.1. The Hall–Kier alpha value is -2.59. The molecule has 0 aliphatic heterocycles. The highest BCUT2D eigenvalue weighted by molar-refractivity contribution is 9.10. The van der Waals surface area contributed by atoms with Crippen LogP contribution in [0.25, 0.3) is 0 Å². The van der Waals surface area contributed by atoms with Crippen LogP contribution in [0.5, 0.6) is 0 Å². The molecular weight excluding hydrogens is 673 g/mol. The molecule has 0 unspecified atom stereocenters. The summed E-state index contributed by atoms with van der Waals surface area (Å²) in [5, 5.41) is 3.94. The zero-order chi connectivity index (χ0) is 31.1. The molecular formula is C32H36BrCl2N3O4S. The topological polar surface area (TPSA) is 86.8 Å². The first kappa shape index (κ1) is 33.3. The van der Waals surface area contributed by atoms with Gasteiger partial charge in [0.15, 0.2) is 0 Å². The molecule has 43 heavy (non-hydrogen) atoms. The summed E-state index contributed by atoms with van der Waals surface area (Å²) in [6.45, 7) is 3.19. The number of anilines is 1. The monoisotopic (exact) mass is 707 g/mol. The fourth-order valence-corrected chi connectivity index (χ4v) is 7.42. The van der Waals surface area contributed by atoms with Crippen LogP contribution in [0.15, 0.2) is 76.1 Å². The number of hydrogen-bond acceptors (Lipinski definition) is 4. The van der Waals surface area contributed by atoms with Gasteiger partial charge in [-0.15, -0.1) is 0 Å². The molecule has 7 nitrogen and oxygen atoms in total. The fourth-order valence-electron chi connectivity index (χ4n) is 5.27. The highest BCUT2D eigenvalue weighted by atomic mass is 79.9. The Morgan fingerprint density at radius 3 is 2.23 bits per heavy atom. The van der Waals surface area contributed by atoms with E-state index in [1.54, 1.807) is 54.6 Å². The number of aryl methyl sites for hydroxylation is 1. The highest BCUT2D eigenvalue weighted by Gasteiger charge is 2.34. The number of sulfonamides is 1. The lowest BCUT2D eigenvalue weighted by Crippen LogP contribution is -2.54. The van der Waals surface area contributed by atoms with E-state index in [2.05, 4.69) is 21.2 Å². The average molecular weight is 710 g/mol. The van der Waals surface area contributed by atoms with E-state index in [4.69, 9.17) is 23.2 Å². The third-order valence-corrected chi connectivity index (χ3v) is 10.6. The first-order valence-electron chi connectivity index (χ1n) is 14.4. The first-order valence-corrected chi connectivity index (χ1v) is 17.4. The average Bonchev–Trinajstić information content (AvgIpc) is 2.98. The number of amides is 2. The fraction of sp³-hybridized carbons (Fsp3) is 0.375. The molecule has 0 spiro atoms. The molecule has 0 heterocycles. The lowest BCUT2D eigenvalue weighted by Gasteiger charge is -2.34. The van der Waals surface area contributed by atoms with Gasteiger partial charge in [0.1, 0.15) is 12.6 Å². The normalized spacial score (nSPS) is 14.6. The number of halogens is 3. The maximum absolute atomic E-state index is 14.3. The molecule has 1 aliphatic carbocycles. The van der Waals surface area contributed by atoms with Gasteiger partial charge in [-0.05, 0) is 80.3 Å². The van der Waals surface area contributed by atoms with E-state index in [0.29, 0.717) is 27.7 Å². The molecule has 230 valence electrons. The molecule has 0 bridgehead atoms. The predicted molar refractivity (Wildman–Crippen MR) is 176 cm³/mol. The maximum Gasteiger partial charge on any atom is 0.264 e. The van der Waals surface area contributed by atoms with Gasteiger partial charge in [-0.2, -0.15) is 0 Å².